The average molecular weight is 380 g/mol. The van der Waals surface area contributed by atoms with Crippen molar-refractivity contribution in [1.82, 2.24) is 0 Å². The number of carbonyl (C=O) groups excluding carboxylic acids is 1. The molecule has 0 aromatic carbocycles. The number of aliphatic hydroxyl groups excluding tert-OH is 1. The Hall–Kier alpha value is -0.720. The van der Waals surface area contributed by atoms with E-state index in [9.17, 15) is 9.36 Å². The Morgan fingerprint density at radius 3 is 2.16 bits per heavy atom. The van der Waals surface area contributed by atoms with Gasteiger partial charge in [-0.3, -0.25) is 9.32 Å². The van der Waals surface area contributed by atoms with Crippen LogP contribution in [0.4, 0.5) is 0 Å². The third kappa shape index (κ3) is 17.9. The Labute approximate surface area is 150 Å². The second-order valence-electron chi connectivity index (χ2n) is 6.00. The third-order valence-corrected chi connectivity index (χ3v) is 4.06. The van der Waals surface area contributed by atoms with E-state index in [1.807, 2.05) is 0 Å². The summed E-state index contributed by atoms with van der Waals surface area (Å²) in [7, 11) is -4.63. The molecule has 0 saturated carbocycles. The molecule has 0 saturated heterocycles. The first-order valence-corrected chi connectivity index (χ1v) is 10.6. The quantitative estimate of drug-likeness (QED) is 0.163. The van der Waals surface area contributed by atoms with Crippen LogP contribution in [0.2, 0.25) is 0 Å². The number of allylic oxidation sites excluding steroid dienone is 2. The Bertz CT molecular complexity index is 406. The summed E-state index contributed by atoms with van der Waals surface area (Å²) >= 11 is 0. The lowest BCUT2D eigenvalue weighted by Gasteiger charge is -2.15. The van der Waals surface area contributed by atoms with Crippen LogP contribution >= 0.6 is 7.82 Å². The lowest BCUT2D eigenvalue weighted by molar-refractivity contribution is -0.153. The highest BCUT2D eigenvalue weighted by atomic mass is 31.2. The summed E-state index contributed by atoms with van der Waals surface area (Å²) in [5.41, 5.74) is 0. The molecule has 25 heavy (non-hydrogen) atoms. The van der Waals surface area contributed by atoms with Crippen molar-refractivity contribution in [1.29, 1.82) is 0 Å². The minimum absolute atomic E-state index is 0.215. The summed E-state index contributed by atoms with van der Waals surface area (Å²) in [6.45, 7) is 1.12. The first-order valence-electron chi connectivity index (χ1n) is 9.04. The van der Waals surface area contributed by atoms with Crippen LogP contribution in [-0.2, 0) is 18.6 Å². The molecule has 0 aromatic rings. The van der Waals surface area contributed by atoms with Crippen LogP contribution in [0.5, 0.6) is 0 Å². The molecule has 0 unspecified atom stereocenters. The predicted molar refractivity (Wildman–Crippen MR) is 95.9 cm³/mol. The minimum Gasteiger partial charge on any atom is -0.457 e. The van der Waals surface area contributed by atoms with Gasteiger partial charge in [-0.25, -0.2) is 4.57 Å². The van der Waals surface area contributed by atoms with Gasteiger partial charge in [0.2, 0.25) is 0 Å². The molecule has 7 nitrogen and oxygen atoms in total. The van der Waals surface area contributed by atoms with Gasteiger partial charge in [0.25, 0.3) is 0 Å². The number of aliphatic hydroxyl groups is 1. The number of hydrogen-bond donors (Lipinski definition) is 3. The van der Waals surface area contributed by atoms with Crippen molar-refractivity contribution in [2.45, 2.75) is 77.2 Å². The van der Waals surface area contributed by atoms with Gasteiger partial charge in [0.1, 0.15) is 6.10 Å². The summed E-state index contributed by atoms with van der Waals surface area (Å²) in [5.74, 6) is -0.500. The number of esters is 1. The van der Waals surface area contributed by atoms with E-state index < -0.39 is 33.1 Å². The fraction of sp³-hybridized carbons (Fsp3) is 0.824. The molecule has 0 spiro atoms. The van der Waals surface area contributed by atoms with Gasteiger partial charge in [-0.15, -0.1) is 0 Å². The van der Waals surface area contributed by atoms with E-state index in [1.165, 1.54) is 25.7 Å². The number of hydrogen-bond acceptors (Lipinski definition) is 5. The molecule has 148 valence electrons. The number of phosphoric acid groups is 1. The Morgan fingerprint density at radius 1 is 1.04 bits per heavy atom. The van der Waals surface area contributed by atoms with Gasteiger partial charge in [0.15, 0.2) is 0 Å². The second kappa shape index (κ2) is 15.5. The number of rotatable bonds is 16. The lowest BCUT2D eigenvalue weighted by atomic mass is 10.1. The molecule has 0 bridgehead atoms. The van der Waals surface area contributed by atoms with E-state index in [0.29, 0.717) is 6.42 Å². The number of carbonyl (C=O) groups is 1. The zero-order chi connectivity index (χ0) is 19.0. The molecule has 0 fully saturated rings. The van der Waals surface area contributed by atoms with Crippen LogP contribution in [0, 0.1) is 0 Å². The zero-order valence-corrected chi connectivity index (χ0v) is 16.0. The van der Waals surface area contributed by atoms with Crippen molar-refractivity contribution < 1.29 is 33.5 Å². The van der Waals surface area contributed by atoms with Gasteiger partial charge in [-0.1, -0.05) is 44.8 Å². The van der Waals surface area contributed by atoms with Crippen molar-refractivity contribution >= 4 is 13.8 Å². The van der Waals surface area contributed by atoms with Crippen molar-refractivity contribution in [3.63, 3.8) is 0 Å². The summed E-state index contributed by atoms with van der Waals surface area (Å²) in [5, 5.41) is 9.01. The van der Waals surface area contributed by atoms with E-state index in [-0.39, 0.29) is 6.42 Å². The van der Waals surface area contributed by atoms with E-state index in [4.69, 9.17) is 19.6 Å². The Morgan fingerprint density at radius 2 is 1.64 bits per heavy atom. The highest BCUT2D eigenvalue weighted by Crippen LogP contribution is 2.35. The van der Waals surface area contributed by atoms with Crippen LogP contribution in [0.3, 0.4) is 0 Å². The van der Waals surface area contributed by atoms with Gasteiger partial charge < -0.3 is 19.6 Å². The predicted octanol–water partition coefficient (Wildman–Crippen LogP) is 3.48. The normalized spacial score (nSPS) is 13.3. The van der Waals surface area contributed by atoms with E-state index in [1.54, 1.807) is 0 Å². The van der Waals surface area contributed by atoms with E-state index in [0.717, 1.165) is 25.7 Å². The maximum Gasteiger partial charge on any atom is 0.469 e. The maximum absolute atomic E-state index is 11.6. The van der Waals surface area contributed by atoms with Crippen LogP contribution in [0.25, 0.3) is 0 Å². The minimum atomic E-state index is -4.63. The van der Waals surface area contributed by atoms with Gasteiger partial charge in [-0.05, 0) is 32.1 Å². The van der Waals surface area contributed by atoms with Crippen LogP contribution < -0.4 is 0 Å². The summed E-state index contributed by atoms with van der Waals surface area (Å²) in [6.07, 6.45) is 13.4. The Balaban J connectivity index is 3.62. The van der Waals surface area contributed by atoms with E-state index in [2.05, 4.69) is 23.6 Å². The molecule has 0 radical (unpaired) electrons. The number of phosphoric ester groups is 1. The van der Waals surface area contributed by atoms with Crippen LogP contribution in [0.15, 0.2) is 12.2 Å². The van der Waals surface area contributed by atoms with Gasteiger partial charge in [0, 0.05) is 6.42 Å². The molecule has 0 rings (SSSR count). The van der Waals surface area contributed by atoms with Gasteiger partial charge in [-0.2, -0.15) is 0 Å². The second-order valence-corrected chi connectivity index (χ2v) is 7.24. The first-order chi connectivity index (χ1) is 11.9. The standard InChI is InChI=1S/C17H33O7P/c1-2-3-4-5-6-7-8-9-10-11-12-13-17(19)24-16(14-18)15-23-25(20,21)22/h7-8,16,18H,2-6,9-15H2,1H3,(H2,20,21,22)/t16-/m1/s1. The third-order valence-electron chi connectivity index (χ3n) is 3.57. The molecule has 0 heterocycles. The molecular formula is C17H33O7P. The van der Waals surface area contributed by atoms with Crippen molar-refractivity contribution in [3.8, 4) is 0 Å². The smallest absolute Gasteiger partial charge is 0.457 e. The van der Waals surface area contributed by atoms with Crippen molar-refractivity contribution in [2.75, 3.05) is 13.2 Å². The molecule has 0 aliphatic carbocycles. The fourth-order valence-corrected chi connectivity index (χ4v) is 2.54. The molecule has 0 amide bonds. The highest BCUT2D eigenvalue weighted by Gasteiger charge is 2.20. The average Bonchev–Trinajstić information content (AvgIpc) is 2.55. The van der Waals surface area contributed by atoms with Crippen molar-refractivity contribution in [2.24, 2.45) is 0 Å². The SMILES string of the molecule is CCCCCCC=CCCCCCC(=O)O[C@H](CO)COP(=O)(O)O. The maximum atomic E-state index is 11.6. The molecule has 0 aliphatic heterocycles. The topological polar surface area (TPSA) is 113 Å². The summed E-state index contributed by atoms with van der Waals surface area (Å²) in [6, 6.07) is 0. The number of ether oxygens (including phenoxy) is 1. The molecule has 8 heteroatoms. The monoisotopic (exact) mass is 380 g/mol. The van der Waals surface area contributed by atoms with Crippen LogP contribution in [-0.4, -0.2) is 40.2 Å². The van der Waals surface area contributed by atoms with Crippen molar-refractivity contribution in [3.05, 3.63) is 12.2 Å². The summed E-state index contributed by atoms with van der Waals surface area (Å²) < 4.78 is 19.7. The zero-order valence-electron chi connectivity index (χ0n) is 15.1. The first kappa shape index (κ1) is 24.3. The molecular weight excluding hydrogens is 347 g/mol. The lowest BCUT2D eigenvalue weighted by Crippen LogP contribution is -2.26. The van der Waals surface area contributed by atoms with Gasteiger partial charge in [0.05, 0.1) is 13.2 Å². The Kier molecular flexibility index (Phi) is 15.1. The largest absolute Gasteiger partial charge is 0.469 e. The van der Waals surface area contributed by atoms with Crippen LogP contribution in [0.1, 0.15) is 71.1 Å². The summed E-state index contributed by atoms with van der Waals surface area (Å²) in [4.78, 5) is 28.7. The van der Waals surface area contributed by atoms with E-state index >= 15 is 0 Å². The molecule has 0 aliphatic rings. The molecule has 3 N–H and O–H groups in total. The molecule has 0 aromatic heterocycles. The highest BCUT2D eigenvalue weighted by molar-refractivity contribution is 7.46. The molecule has 1 atom stereocenters. The number of unbranched alkanes of at least 4 members (excludes halogenated alkanes) is 7. The van der Waals surface area contributed by atoms with Gasteiger partial charge >= 0.3 is 13.8 Å². The fourth-order valence-electron chi connectivity index (χ4n) is 2.18.